The van der Waals surface area contributed by atoms with Crippen LogP contribution in [0.2, 0.25) is 0 Å². The summed E-state index contributed by atoms with van der Waals surface area (Å²) in [5.74, 6) is 0.244. The molecule has 0 aliphatic carbocycles. The van der Waals surface area contributed by atoms with Crippen molar-refractivity contribution >= 4 is 18.4 Å². The first-order valence-corrected chi connectivity index (χ1v) is 8.22. The van der Waals surface area contributed by atoms with Gasteiger partial charge < -0.3 is 19.5 Å². The second kappa shape index (κ2) is 7.78. The van der Waals surface area contributed by atoms with Crippen LogP contribution in [0.15, 0.2) is 37.2 Å². The molecule has 2 heterocycles. The van der Waals surface area contributed by atoms with Crippen molar-refractivity contribution in [1.29, 1.82) is 0 Å². The molecule has 0 bridgehead atoms. The third-order valence-electron chi connectivity index (χ3n) is 4.34. The summed E-state index contributed by atoms with van der Waals surface area (Å²) < 4.78 is 10.9. The van der Waals surface area contributed by atoms with Gasteiger partial charge in [-0.3, -0.25) is 4.79 Å². The summed E-state index contributed by atoms with van der Waals surface area (Å²) in [4.78, 5) is 20.3. The topological polar surface area (TPSA) is 102 Å². The summed E-state index contributed by atoms with van der Waals surface area (Å²) in [6.45, 7) is 5.64. The highest BCUT2D eigenvalue weighted by molar-refractivity contribution is 6.62. The first-order valence-electron chi connectivity index (χ1n) is 8.22. The highest BCUT2D eigenvalue weighted by Crippen LogP contribution is 2.25. The van der Waals surface area contributed by atoms with E-state index in [9.17, 15) is 9.82 Å². The van der Waals surface area contributed by atoms with Crippen LogP contribution < -0.4 is 10.2 Å². The summed E-state index contributed by atoms with van der Waals surface area (Å²) >= 11 is 0. The van der Waals surface area contributed by atoms with Crippen molar-refractivity contribution in [1.82, 2.24) is 9.97 Å². The Morgan fingerprint density at radius 2 is 2.27 bits per heavy atom. The summed E-state index contributed by atoms with van der Waals surface area (Å²) in [7, 11) is -0.955. The summed E-state index contributed by atoms with van der Waals surface area (Å²) in [6, 6.07) is 3.62. The fraction of sp³-hybridized carbons (Fsp3) is 0.278. The molecule has 2 aromatic rings. The Hall–Kier alpha value is -2.55. The Bertz CT molecular complexity index is 825. The van der Waals surface area contributed by atoms with E-state index < -0.39 is 7.12 Å². The van der Waals surface area contributed by atoms with Crippen LogP contribution in [0.5, 0.6) is 11.6 Å². The lowest BCUT2D eigenvalue weighted by Gasteiger charge is -2.11. The van der Waals surface area contributed by atoms with Crippen LogP contribution in [-0.2, 0) is 11.3 Å². The molecule has 1 aliphatic rings. The first kappa shape index (κ1) is 18.3. The molecule has 3 rings (SSSR count). The Labute approximate surface area is 151 Å². The minimum atomic E-state index is -0.955. The van der Waals surface area contributed by atoms with E-state index in [1.165, 1.54) is 18.5 Å². The summed E-state index contributed by atoms with van der Waals surface area (Å²) in [5, 5.41) is 19.0. The van der Waals surface area contributed by atoms with Crippen molar-refractivity contribution in [2.75, 3.05) is 6.61 Å². The number of nitrogens with zero attached hydrogens (tertiary/aromatic N) is 2. The number of hydrogen-bond acceptors (Lipinski definition) is 7. The van der Waals surface area contributed by atoms with Gasteiger partial charge in [0.1, 0.15) is 11.4 Å². The van der Waals surface area contributed by atoms with E-state index in [4.69, 9.17) is 14.5 Å². The van der Waals surface area contributed by atoms with Gasteiger partial charge in [0.05, 0.1) is 19.0 Å². The fourth-order valence-corrected chi connectivity index (χ4v) is 2.79. The number of rotatable bonds is 7. The highest BCUT2D eigenvalue weighted by atomic mass is 16.5. The van der Waals surface area contributed by atoms with E-state index in [1.54, 1.807) is 6.07 Å². The molecule has 8 heteroatoms. The zero-order valence-corrected chi connectivity index (χ0v) is 14.4. The quantitative estimate of drug-likeness (QED) is 0.437. The smallest absolute Gasteiger partial charge is 0.437 e. The maximum absolute atomic E-state index is 12.1. The van der Waals surface area contributed by atoms with Crippen LogP contribution in [0.1, 0.15) is 28.0 Å². The monoisotopic (exact) mass is 354 g/mol. The van der Waals surface area contributed by atoms with E-state index >= 15 is 0 Å². The molecular weight excluding hydrogens is 335 g/mol. The number of carbonyl (C=O) groups is 1. The predicted octanol–water partition coefficient (Wildman–Crippen LogP) is 1.16. The Morgan fingerprint density at radius 3 is 2.92 bits per heavy atom. The van der Waals surface area contributed by atoms with Crippen LogP contribution in [-0.4, -0.2) is 39.6 Å². The molecule has 0 radical (unpaired) electrons. The maximum Gasteiger partial charge on any atom is 0.492 e. The number of ether oxygens (including phenoxy) is 1. The normalized spacial score (nSPS) is 14.0. The van der Waals surface area contributed by atoms with E-state index in [0.29, 0.717) is 17.8 Å². The number of carbonyl (C=O) groups excluding carboxylic acids is 1. The van der Waals surface area contributed by atoms with Crippen molar-refractivity contribution in [2.45, 2.75) is 20.0 Å². The average Bonchev–Trinajstić information content (AvgIpc) is 3.04. The second-order valence-corrected chi connectivity index (χ2v) is 6.07. The third kappa shape index (κ3) is 3.67. The molecule has 1 aromatic heterocycles. The van der Waals surface area contributed by atoms with Gasteiger partial charge in [-0.15, -0.1) is 6.58 Å². The van der Waals surface area contributed by atoms with Crippen molar-refractivity contribution in [3.8, 4) is 11.6 Å². The molecule has 7 nitrogen and oxygen atoms in total. The lowest BCUT2D eigenvalue weighted by Crippen LogP contribution is -2.30. The molecule has 1 aliphatic heterocycles. The molecule has 26 heavy (non-hydrogen) atoms. The fourth-order valence-electron chi connectivity index (χ4n) is 2.79. The van der Waals surface area contributed by atoms with Gasteiger partial charge in [-0.25, -0.2) is 9.97 Å². The molecule has 1 aromatic carbocycles. The number of aromatic nitrogens is 2. The number of Topliss-reactive ketones (excluding diaryl/α,β-unsaturated/α-hetero) is 1. The highest BCUT2D eigenvalue weighted by Gasteiger charge is 2.30. The van der Waals surface area contributed by atoms with Gasteiger partial charge in [0.25, 0.3) is 0 Å². The zero-order chi connectivity index (χ0) is 18.7. The predicted molar refractivity (Wildman–Crippen MR) is 95.4 cm³/mol. The standard InChI is InChI=1S/C18H19BN2O5/c1-3-12(9-22)6-15(23)14-7-21-17(8-20-14)26-16-5-4-13-10-25-19(24)18(13)11(16)2/h3-5,7-8,12,22,24H,1,6,9-10H2,2H3. The molecule has 2 N–H and O–H groups in total. The SMILES string of the molecule is C=CC(CO)CC(=O)c1cnc(Oc2ccc3c(c2C)B(O)OC3)cn1. The number of aliphatic hydroxyl groups excluding tert-OH is 1. The lowest BCUT2D eigenvalue weighted by molar-refractivity contribution is 0.0947. The molecule has 0 saturated heterocycles. The molecule has 134 valence electrons. The number of ketones is 1. The number of hydrogen-bond donors (Lipinski definition) is 2. The van der Waals surface area contributed by atoms with Gasteiger partial charge in [0, 0.05) is 18.9 Å². The summed E-state index contributed by atoms with van der Waals surface area (Å²) in [5.41, 5.74) is 2.61. The van der Waals surface area contributed by atoms with Gasteiger partial charge in [-0.1, -0.05) is 12.1 Å². The van der Waals surface area contributed by atoms with Gasteiger partial charge >= 0.3 is 7.12 Å². The number of fused-ring (bicyclic) bond motifs is 1. The van der Waals surface area contributed by atoms with Crippen LogP contribution >= 0.6 is 0 Å². The molecule has 1 unspecified atom stereocenters. The van der Waals surface area contributed by atoms with Gasteiger partial charge in [0.2, 0.25) is 5.88 Å². The molecule has 1 atom stereocenters. The minimum Gasteiger partial charge on any atom is -0.437 e. The first-order chi connectivity index (χ1) is 12.5. The third-order valence-corrected chi connectivity index (χ3v) is 4.34. The molecule has 0 saturated carbocycles. The van der Waals surface area contributed by atoms with E-state index in [1.807, 2.05) is 13.0 Å². The van der Waals surface area contributed by atoms with Gasteiger partial charge in [-0.2, -0.15) is 0 Å². The van der Waals surface area contributed by atoms with Gasteiger partial charge in [-0.05, 0) is 29.6 Å². The van der Waals surface area contributed by atoms with Crippen LogP contribution in [0.25, 0.3) is 0 Å². The lowest BCUT2D eigenvalue weighted by atomic mass is 9.76. The van der Waals surface area contributed by atoms with Crippen LogP contribution in [0, 0.1) is 12.8 Å². The Kier molecular flexibility index (Phi) is 5.46. The van der Waals surface area contributed by atoms with Crippen molar-refractivity contribution in [3.05, 3.63) is 54.0 Å². The van der Waals surface area contributed by atoms with E-state index in [2.05, 4.69) is 16.5 Å². The van der Waals surface area contributed by atoms with Crippen molar-refractivity contribution in [2.24, 2.45) is 5.92 Å². The molecule has 0 amide bonds. The zero-order valence-electron chi connectivity index (χ0n) is 14.4. The maximum atomic E-state index is 12.1. The Morgan fingerprint density at radius 1 is 1.46 bits per heavy atom. The second-order valence-electron chi connectivity index (χ2n) is 6.07. The van der Waals surface area contributed by atoms with Crippen molar-refractivity contribution in [3.63, 3.8) is 0 Å². The largest absolute Gasteiger partial charge is 0.492 e. The van der Waals surface area contributed by atoms with Crippen LogP contribution in [0.4, 0.5) is 0 Å². The number of benzene rings is 1. The molecule has 0 spiro atoms. The average molecular weight is 354 g/mol. The number of aliphatic hydroxyl groups is 1. The van der Waals surface area contributed by atoms with E-state index in [0.717, 1.165) is 11.1 Å². The minimum absolute atomic E-state index is 0.122. The Balaban J connectivity index is 1.73. The van der Waals surface area contributed by atoms with E-state index in [-0.39, 0.29) is 36.3 Å². The summed E-state index contributed by atoms with van der Waals surface area (Å²) in [6.07, 6.45) is 4.37. The van der Waals surface area contributed by atoms with Crippen molar-refractivity contribution < 1.29 is 24.3 Å². The van der Waals surface area contributed by atoms with Crippen LogP contribution in [0.3, 0.4) is 0 Å². The molecule has 0 fully saturated rings. The van der Waals surface area contributed by atoms with Gasteiger partial charge in [0.15, 0.2) is 5.78 Å². The molecular formula is C18H19BN2O5.